The van der Waals surface area contributed by atoms with Crippen LogP contribution in [0.4, 0.5) is 0 Å². The van der Waals surface area contributed by atoms with E-state index in [1.165, 1.54) is 5.56 Å². The van der Waals surface area contributed by atoms with E-state index in [0.29, 0.717) is 17.7 Å². The lowest BCUT2D eigenvalue weighted by Crippen LogP contribution is -2.26. The van der Waals surface area contributed by atoms with Gasteiger partial charge in [0, 0.05) is 24.7 Å². The summed E-state index contributed by atoms with van der Waals surface area (Å²) in [5.41, 5.74) is 3.43. The van der Waals surface area contributed by atoms with Crippen molar-refractivity contribution in [1.29, 1.82) is 0 Å². The zero-order valence-electron chi connectivity index (χ0n) is 12.1. The number of aryl methyl sites for hydroxylation is 1. The summed E-state index contributed by atoms with van der Waals surface area (Å²) in [6, 6.07) is 13.1. The van der Waals surface area contributed by atoms with Crippen molar-refractivity contribution in [1.82, 2.24) is 4.90 Å². The van der Waals surface area contributed by atoms with Crippen molar-refractivity contribution >= 4 is 5.91 Å². The fourth-order valence-electron chi connectivity index (χ4n) is 2.22. The molecule has 0 unspecified atom stereocenters. The lowest BCUT2D eigenvalue weighted by atomic mass is 10.1. The first-order valence-electron chi connectivity index (χ1n) is 6.58. The third-order valence-corrected chi connectivity index (χ3v) is 3.38. The van der Waals surface area contributed by atoms with Gasteiger partial charge in [-0.05, 0) is 31.5 Å². The molecule has 0 aliphatic rings. The topological polar surface area (TPSA) is 40.5 Å². The van der Waals surface area contributed by atoms with Crippen molar-refractivity contribution in [3.8, 4) is 5.75 Å². The smallest absolute Gasteiger partial charge is 0.254 e. The van der Waals surface area contributed by atoms with E-state index in [4.69, 9.17) is 0 Å². The molecule has 104 valence electrons. The van der Waals surface area contributed by atoms with Gasteiger partial charge in [-0.15, -0.1) is 0 Å². The highest BCUT2D eigenvalue weighted by atomic mass is 16.3. The van der Waals surface area contributed by atoms with Gasteiger partial charge in [0.2, 0.25) is 0 Å². The monoisotopic (exact) mass is 269 g/mol. The van der Waals surface area contributed by atoms with E-state index < -0.39 is 0 Å². The summed E-state index contributed by atoms with van der Waals surface area (Å²) in [4.78, 5) is 14.1. The lowest BCUT2D eigenvalue weighted by Gasteiger charge is -2.19. The maximum Gasteiger partial charge on any atom is 0.254 e. The number of hydrogen-bond acceptors (Lipinski definition) is 2. The number of carbonyl (C=O) groups is 1. The Morgan fingerprint density at radius 2 is 1.85 bits per heavy atom. The second kappa shape index (κ2) is 5.78. The Morgan fingerprint density at radius 3 is 2.55 bits per heavy atom. The summed E-state index contributed by atoms with van der Waals surface area (Å²) in [6.07, 6.45) is 0. The van der Waals surface area contributed by atoms with Crippen LogP contribution in [0, 0.1) is 13.8 Å². The Morgan fingerprint density at radius 1 is 1.15 bits per heavy atom. The Hall–Kier alpha value is -2.29. The lowest BCUT2D eigenvalue weighted by molar-refractivity contribution is 0.0784. The molecule has 0 aliphatic carbocycles. The summed E-state index contributed by atoms with van der Waals surface area (Å²) in [7, 11) is 1.77. The maximum absolute atomic E-state index is 12.4. The first-order chi connectivity index (χ1) is 9.49. The highest BCUT2D eigenvalue weighted by molar-refractivity contribution is 5.96. The van der Waals surface area contributed by atoms with E-state index in [9.17, 15) is 9.90 Å². The van der Waals surface area contributed by atoms with E-state index in [0.717, 1.165) is 5.56 Å². The molecule has 20 heavy (non-hydrogen) atoms. The minimum Gasteiger partial charge on any atom is -0.508 e. The number of rotatable bonds is 3. The van der Waals surface area contributed by atoms with Gasteiger partial charge >= 0.3 is 0 Å². The zero-order chi connectivity index (χ0) is 14.7. The van der Waals surface area contributed by atoms with Crippen molar-refractivity contribution < 1.29 is 9.90 Å². The molecule has 0 saturated carbocycles. The highest BCUT2D eigenvalue weighted by Crippen LogP contribution is 2.21. The molecule has 0 heterocycles. The van der Waals surface area contributed by atoms with Crippen molar-refractivity contribution in [3.63, 3.8) is 0 Å². The van der Waals surface area contributed by atoms with Crippen LogP contribution in [-0.4, -0.2) is 23.0 Å². The van der Waals surface area contributed by atoms with Crippen molar-refractivity contribution in [2.45, 2.75) is 20.4 Å². The van der Waals surface area contributed by atoms with Crippen LogP contribution in [0.5, 0.6) is 5.75 Å². The van der Waals surface area contributed by atoms with Crippen molar-refractivity contribution in [2.24, 2.45) is 0 Å². The van der Waals surface area contributed by atoms with E-state index in [1.54, 1.807) is 37.1 Å². The minimum absolute atomic E-state index is 0.0834. The molecule has 0 fully saturated rings. The van der Waals surface area contributed by atoms with Gasteiger partial charge in [0.1, 0.15) is 5.75 Å². The van der Waals surface area contributed by atoms with Crippen LogP contribution in [0.25, 0.3) is 0 Å². The van der Waals surface area contributed by atoms with Crippen molar-refractivity contribution in [2.75, 3.05) is 7.05 Å². The highest BCUT2D eigenvalue weighted by Gasteiger charge is 2.15. The van der Waals surface area contributed by atoms with Crippen LogP contribution >= 0.6 is 0 Å². The molecule has 0 aliphatic heterocycles. The quantitative estimate of drug-likeness (QED) is 0.929. The molecule has 0 radical (unpaired) electrons. The first-order valence-corrected chi connectivity index (χ1v) is 6.58. The van der Waals surface area contributed by atoms with E-state index in [1.807, 2.05) is 25.1 Å². The van der Waals surface area contributed by atoms with Gasteiger partial charge in [-0.3, -0.25) is 4.79 Å². The number of aromatic hydroxyl groups is 1. The summed E-state index contributed by atoms with van der Waals surface area (Å²) < 4.78 is 0. The van der Waals surface area contributed by atoms with Gasteiger partial charge in [0.25, 0.3) is 5.91 Å². The van der Waals surface area contributed by atoms with E-state index >= 15 is 0 Å². The van der Waals surface area contributed by atoms with E-state index in [2.05, 4.69) is 6.07 Å². The van der Waals surface area contributed by atoms with Gasteiger partial charge in [-0.1, -0.05) is 35.9 Å². The van der Waals surface area contributed by atoms with Gasteiger partial charge in [0.15, 0.2) is 0 Å². The molecule has 1 N–H and O–H groups in total. The Labute approximate surface area is 119 Å². The number of hydrogen-bond donors (Lipinski definition) is 1. The van der Waals surface area contributed by atoms with Crippen LogP contribution in [0.1, 0.15) is 27.0 Å². The van der Waals surface area contributed by atoms with Crippen LogP contribution in [-0.2, 0) is 6.54 Å². The minimum atomic E-state index is -0.0834. The van der Waals surface area contributed by atoms with Crippen LogP contribution in [0.15, 0.2) is 42.5 Å². The van der Waals surface area contributed by atoms with Gasteiger partial charge < -0.3 is 10.0 Å². The molecule has 3 nitrogen and oxygen atoms in total. The standard InChI is InChI=1S/C17H19NO2/c1-12-6-4-7-14(10-12)11-18(3)17(20)15-8-5-9-16(19)13(15)2/h4-10,19H,11H2,1-3H3. The second-order valence-corrected chi connectivity index (χ2v) is 5.10. The van der Waals surface area contributed by atoms with Crippen LogP contribution in [0.2, 0.25) is 0 Å². The molecule has 3 heteroatoms. The van der Waals surface area contributed by atoms with Gasteiger partial charge in [-0.25, -0.2) is 0 Å². The third-order valence-electron chi connectivity index (χ3n) is 3.38. The molecule has 0 spiro atoms. The normalized spacial score (nSPS) is 10.3. The Bertz CT molecular complexity index is 635. The third kappa shape index (κ3) is 2.99. The largest absolute Gasteiger partial charge is 0.508 e. The molecule has 0 saturated heterocycles. The van der Waals surface area contributed by atoms with Gasteiger partial charge in [-0.2, -0.15) is 0 Å². The predicted octanol–water partition coefficient (Wildman–Crippen LogP) is 3.28. The SMILES string of the molecule is Cc1cccc(CN(C)C(=O)c2cccc(O)c2C)c1. The number of benzene rings is 2. The zero-order valence-corrected chi connectivity index (χ0v) is 12.1. The van der Waals surface area contributed by atoms with E-state index in [-0.39, 0.29) is 11.7 Å². The molecule has 0 aromatic heterocycles. The Kier molecular flexibility index (Phi) is 4.08. The summed E-state index contributed by atoms with van der Waals surface area (Å²) in [5, 5.41) is 9.69. The molecule has 0 atom stereocenters. The van der Waals surface area contributed by atoms with Gasteiger partial charge in [0.05, 0.1) is 0 Å². The number of phenols is 1. The Balaban J connectivity index is 2.19. The summed E-state index contributed by atoms with van der Waals surface area (Å²) >= 11 is 0. The summed E-state index contributed by atoms with van der Waals surface area (Å²) in [6.45, 7) is 4.34. The summed E-state index contributed by atoms with van der Waals surface area (Å²) in [5.74, 6) is 0.0692. The molecule has 2 rings (SSSR count). The number of carbonyl (C=O) groups excluding carboxylic acids is 1. The molecular formula is C17H19NO2. The number of nitrogens with zero attached hydrogens (tertiary/aromatic N) is 1. The van der Waals surface area contributed by atoms with Crippen LogP contribution < -0.4 is 0 Å². The molecular weight excluding hydrogens is 250 g/mol. The molecule has 0 bridgehead atoms. The fraction of sp³-hybridized carbons (Fsp3) is 0.235. The molecule has 2 aromatic rings. The van der Waals surface area contributed by atoms with Crippen molar-refractivity contribution in [3.05, 3.63) is 64.7 Å². The first kappa shape index (κ1) is 14.1. The fourth-order valence-corrected chi connectivity index (χ4v) is 2.22. The average molecular weight is 269 g/mol. The molecule has 2 aromatic carbocycles. The molecule has 1 amide bonds. The maximum atomic E-state index is 12.4. The number of phenolic OH excluding ortho intramolecular Hbond substituents is 1. The average Bonchev–Trinajstić information content (AvgIpc) is 2.41. The van der Waals surface area contributed by atoms with Crippen LogP contribution in [0.3, 0.4) is 0 Å². The predicted molar refractivity (Wildman–Crippen MR) is 79.8 cm³/mol. The number of amides is 1. The second-order valence-electron chi connectivity index (χ2n) is 5.10.